The van der Waals surface area contributed by atoms with Gasteiger partial charge in [-0.05, 0) is 49.4 Å². The zero-order valence-electron chi connectivity index (χ0n) is 16.8. The summed E-state index contributed by atoms with van der Waals surface area (Å²) >= 11 is 0. The molecule has 4 rings (SSSR count). The second kappa shape index (κ2) is 7.70. The molecule has 2 atom stereocenters. The monoisotopic (exact) mass is 421 g/mol. The van der Waals surface area contributed by atoms with Crippen molar-refractivity contribution in [2.45, 2.75) is 43.2 Å². The summed E-state index contributed by atoms with van der Waals surface area (Å²) < 4.78 is 33.0. The van der Waals surface area contributed by atoms with Crippen LogP contribution >= 0.6 is 0 Å². The molecule has 9 heteroatoms. The number of hydrogen-bond acceptors (Lipinski definition) is 5. The van der Waals surface area contributed by atoms with Crippen molar-refractivity contribution >= 4 is 21.8 Å². The van der Waals surface area contributed by atoms with Gasteiger partial charge in [-0.15, -0.1) is 0 Å². The Hall–Kier alpha value is -1.97. The molecule has 3 aliphatic rings. The molecule has 29 heavy (non-hydrogen) atoms. The van der Waals surface area contributed by atoms with E-state index in [0.717, 1.165) is 24.8 Å². The number of sulfonamides is 1. The minimum absolute atomic E-state index is 0.0192. The molecule has 2 aliphatic heterocycles. The molecule has 8 nitrogen and oxygen atoms in total. The third kappa shape index (κ3) is 3.45. The van der Waals surface area contributed by atoms with Gasteiger partial charge in [0, 0.05) is 33.3 Å². The minimum Gasteiger partial charge on any atom is -0.383 e. The van der Waals surface area contributed by atoms with Gasteiger partial charge in [-0.1, -0.05) is 6.07 Å². The molecule has 2 saturated heterocycles. The fourth-order valence-electron chi connectivity index (χ4n) is 4.54. The summed E-state index contributed by atoms with van der Waals surface area (Å²) in [4.78, 5) is 29.2. The molecule has 0 unspecified atom stereocenters. The first kappa shape index (κ1) is 20.3. The molecule has 158 valence electrons. The number of ether oxygens (including phenoxy) is 1. The Labute approximate surface area is 171 Å². The molecule has 2 fully saturated rings. The summed E-state index contributed by atoms with van der Waals surface area (Å²) in [6.45, 7) is 3.27. The zero-order chi connectivity index (χ0) is 20.8. The molecule has 2 heterocycles. The van der Waals surface area contributed by atoms with Crippen LogP contribution < -0.4 is 0 Å². The number of fused-ring (bicyclic) bond motifs is 2. The molecular weight excluding hydrogens is 394 g/mol. The van der Waals surface area contributed by atoms with Crippen molar-refractivity contribution in [1.82, 2.24) is 14.1 Å². The number of hydrogen-bond donors (Lipinski definition) is 0. The predicted molar refractivity (Wildman–Crippen MR) is 106 cm³/mol. The predicted octanol–water partition coefficient (Wildman–Crippen LogP) is 0.254. The first-order valence-corrected chi connectivity index (χ1v) is 11.5. The van der Waals surface area contributed by atoms with Crippen molar-refractivity contribution in [2.24, 2.45) is 0 Å². The smallest absolute Gasteiger partial charge is 0.246 e. The van der Waals surface area contributed by atoms with Crippen LogP contribution in [0.2, 0.25) is 0 Å². The van der Waals surface area contributed by atoms with Crippen LogP contribution in [0, 0.1) is 0 Å². The quantitative estimate of drug-likeness (QED) is 0.680. The average molecular weight is 422 g/mol. The van der Waals surface area contributed by atoms with Crippen molar-refractivity contribution in [1.29, 1.82) is 0 Å². The number of rotatable bonds is 5. The van der Waals surface area contributed by atoms with E-state index in [1.54, 1.807) is 31.1 Å². The lowest BCUT2D eigenvalue weighted by Crippen LogP contribution is -2.69. The highest BCUT2D eigenvalue weighted by Gasteiger charge is 2.49. The van der Waals surface area contributed by atoms with Crippen molar-refractivity contribution < 1.29 is 22.7 Å². The van der Waals surface area contributed by atoms with Crippen LogP contribution in [0.5, 0.6) is 0 Å². The first-order valence-electron chi connectivity index (χ1n) is 10.1. The highest BCUT2D eigenvalue weighted by atomic mass is 32.2. The van der Waals surface area contributed by atoms with Crippen molar-refractivity contribution in [2.75, 3.05) is 39.9 Å². The Morgan fingerprint density at radius 2 is 1.86 bits per heavy atom. The van der Waals surface area contributed by atoms with Crippen molar-refractivity contribution in [3.05, 3.63) is 29.3 Å². The van der Waals surface area contributed by atoms with Crippen LogP contribution in [0.15, 0.2) is 23.1 Å². The first-order chi connectivity index (χ1) is 13.8. The number of nitrogens with zero attached hydrogens (tertiary/aromatic N) is 3. The summed E-state index contributed by atoms with van der Waals surface area (Å²) in [5.74, 6) is -0.534. The van der Waals surface area contributed by atoms with Gasteiger partial charge in [0.25, 0.3) is 0 Å². The van der Waals surface area contributed by atoms with E-state index in [2.05, 4.69) is 0 Å². The van der Waals surface area contributed by atoms with Crippen LogP contribution in [0.1, 0.15) is 24.5 Å². The largest absolute Gasteiger partial charge is 0.383 e. The summed E-state index contributed by atoms with van der Waals surface area (Å²) in [6, 6.07) is 3.61. The van der Waals surface area contributed by atoms with E-state index in [1.807, 2.05) is 6.07 Å². The van der Waals surface area contributed by atoms with Gasteiger partial charge in [-0.25, -0.2) is 8.42 Å². The van der Waals surface area contributed by atoms with Crippen LogP contribution in [0.3, 0.4) is 0 Å². The fraction of sp³-hybridized carbons (Fsp3) is 0.600. The Morgan fingerprint density at radius 3 is 2.62 bits per heavy atom. The van der Waals surface area contributed by atoms with E-state index >= 15 is 0 Å². The van der Waals surface area contributed by atoms with E-state index in [-0.39, 0.29) is 23.3 Å². The van der Waals surface area contributed by atoms with Crippen LogP contribution in [0.25, 0.3) is 0 Å². The van der Waals surface area contributed by atoms with Gasteiger partial charge in [-0.2, -0.15) is 4.31 Å². The molecule has 0 radical (unpaired) electrons. The van der Waals surface area contributed by atoms with Gasteiger partial charge in [0.2, 0.25) is 21.8 Å². The third-order valence-electron chi connectivity index (χ3n) is 6.25. The molecule has 0 N–H and O–H groups in total. The van der Waals surface area contributed by atoms with Crippen LogP contribution in [0.4, 0.5) is 0 Å². The summed E-state index contributed by atoms with van der Waals surface area (Å²) in [5.41, 5.74) is 2.25. The van der Waals surface area contributed by atoms with Gasteiger partial charge in [0.05, 0.1) is 11.5 Å². The number of aryl methyl sites for hydroxylation is 2. The molecule has 0 spiro atoms. The van der Waals surface area contributed by atoms with E-state index in [0.29, 0.717) is 26.2 Å². The van der Waals surface area contributed by atoms with Gasteiger partial charge < -0.3 is 14.5 Å². The van der Waals surface area contributed by atoms with Crippen LogP contribution in [-0.2, 0) is 37.2 Å². The number of methoxy groups -OCH3 is 1. The van der Waals surface area contributed by atoms with Gasteiger partial charge in [-0.3, -0.25) is 9.59 Å². The standard InChI is InChI=1S/C20H27N3O5S/c1-14-19(24)22-9-8-21(10-11-28-2)20(25)18(22)13-23(14)29(26,27)17-7-6-15-4-3-5-16(15)12-17/h6-7,12,14,18H,3-5,8-11,13H2,1-2H3/t14-,18-/m0/s1. The van der Waals surface area contributed by atoms with E-state index in [9.17, 15) is 18.0 Å². The van der Waals surface area contributed by atoms with Gasteiger partial charge in [0.15, 0.2) is 0 Å². The summed E-state index contributed by atoms with van der Waals surface area (Å²) in [6.07, 6.45) is 2.87. The second-order valence-electron chi connectivity index (χ2n) is 7.90. The third-order valence-corrected chi connectivity index (χ3v) is 8.18. The maximum Gasteiger partial charge on any atom is 0.246 e. The second-order valence-corrected chi connectivity index (χ2v) is 9.79. The number of amides is 2. The number of piperazine rings is 2. The molecule has 0 aromatic heterocycles. The van der Waals surface area contributed by atoms with Crippen LogP contribution in [-0.4, -0.2) is 86.3 Å². The Morgan fingerprint density at radius 1 is 1.10 bits per heavy atom. The Bertz CT molecular complexity index is 932. The maximum atomic E-state index is 13.4. The maximum absolute atomic E-state index is 13.4. The lowest BCUT2D eigenvalue weighted by molar-refractivity contribution is -0.158. The highest BCUT2D eigenvalue weighted by Crippen LogP contribution is 2.30. The van der Waals surface area contributed by atoms with Crippen molar-refractivity contribution in [3.63, 3.8) is 0 Å². The number of benzene rings is 1. The van der Waals surface area contributed by atoms with Gasteiger partial charge >= 0.3 is 0 Å². The number of carbonyl (C=O) groups excluding carboxylic acids is 2. The lowest BCUT2D eigenvalue weighted by Gasteiger charge is -2.47. The molecule has 1 aromatic rings. The van der Waals surface area contributed by atoms with E-state index < -0.39 is 22.1 Å². The van der Waals surface area contributed by atoms with Gasteiger partial charge in [0.1, 0.15) is 12.1 Å². The summed E-state index contributed by atoms with van der Waals surface area (Å²) in [5, 5.41) is 0. The van der Waals surface area contributed by atoms with E-state index in [1.165, 1.54) is 14.8 Å². The molecule has 1 aliphatic carbocycles. The summed E-state index contributed by atoms with van der Waals surface area (Å²) in [7, 11) is -2.32. The Balaban J connectivity index is 1.62. The SMILES string of the molecule is COCCN1CCN2C(=O)[C@H](C)N(S(=O)(=O)c3ccc4c(c3)CCC4)C[C@H]2C1=O. The molecular formula is C20H27N3O5S. The highest BCUT2D eigenvalue weighted by molar-refractivity contribution is 7.89. The minimum atomic E-state index is -3.88. The molecule has 0 saturated carbocycles. The molecule has 2 amide bonds. The number of carbonyl (C=O) groups is 2. The zero-order valence-corrected chi connectivity index (χ0v) is 17.7. The normalized spacial score (nSPS) is 25.3. The topological polar surface area (TPSA) is 87.2 Å². The lowest BCUT2D eigenvalue weighted by atomic mass is 10.0. The average Bonchev–Trinajstić information content (AvgIpc) is 3.18. The Kier molecular flexibility index (Phi) is 5.39. The molecule has 0 bridgehead atoms. The van der Waals surface area contributed by atoms with Crippen molar-refractivity contribution in [3.8, 4) is 0 Å². The van der Waals surface area contributed by atoms with E-state index in [4.69, 9.17) is 4.74 Å². The molecule has 1 aromatic carbocycles. The fourth-order valence-corrected chi connectivity index (χ4v) is 6.19.